The van der Waals surface area contributed by atoms with Crippen LogP contribution in [0, 0.1) is 29.6 Å². The lowest BCUT2D eigenvalue weighted by molar-refractivity contribution is -0.126. The van der Waals surface area contributed by atoms with Gasteiger partial charge in [-0.15, -0.1) is 6.42 Å². The van der Waals surface area contributed by atoms with Crippen molar-refractivity contribution in [1.29, 1.82) is 5.26 Å². The number of piperidine rings is 1. The van der Waals surface area contributed by atoms with Gasteiger partial charge in [0.25, 0.3) is 0 Å². The average Bonchev–Trinajstić information content (AvgIpc) is 2.35. The van der Waals surface area contributed by atoms with Crippen molar-refractivity contribution in [3.05, 3.63) is 0 Å². The molecule has 86 valence electrons. The second kappa shape index (κ2) is 6.15. The van der Waals surface area contributed by atoms with E-state index in [9.17, 15) is 4.79 Å². The highest BCUT2D eigenvalue weighted by Crippen LogP contribution is 2.17. The molecule has 0 aliphatic carbocycles. The van der Waals surface area contributed by atoms with E-state index >= 15 is 0 Å². The number of carbonyl (C=O) groups excluding carboxylic acids is 1. The lowest BCUT2D eigenvalue weighted by Crippen LogP contribution is -2.48. The predicted molar refractivity (Wildman–Crippen MR) is 61.2 cm³/mol. The van der Waals surface area contributed by atoms with Crippen LogP contribution in [-0.2, 0) is 4.79 Å². The van der Waals surface area contributed by atoms with Gasteiger partial charge in [0.2, 0.25) is 5.91 Å². The molecule has 1 atom stereocenters. The van der Waals surface area contributed by atoms with Crippen LogP contribution in [0.3, 0.4) is 0 Å². The predicted octanol–water partition coefficient (Wildman–Crippen LogP) is 0.360. The Bertz CT molecular complexity index is 318. The van der Waals surface area contributed by atoms with Crippen LogP contribution in [-0.4, -0.2) is 36.5 Å². The molecule has 0 aromatic carbocycles. The van der Waals surface area contributed by atoms with Gasteiger partial charge in [0.15, 0.2) is 0 Å². The molecule has 0 spiro atoms. The van der Waals surface area contributed by atoms with Crippen LogP contribution in [0.2, 0.25) is 0 Å². The third-order valence-electron chi connectivity index (χ3n) is 3.00. The highest BCUT2D eigenvalue weighted by atomic mass is 16.2. The molecule has 4 nitrogen and oxygen atoms in total. The molecule has 0 bridgehead atoms. The Morgan fingerprint density at radius 2 is 2.25 bits per heavy atom. The van der Waals surface area contributed by atoms with Crippen molar-refractivity contribution in [1.82, 2.24) is 10.2 Å². The van der Waals surface area contributed by atoms with E-state index in [1.165, 1.54) is 0 Å². The van der Waals surface area contributed by atoms with E-state index in [0.717, 1.165) is 25.9 Å². The van der Waals surface area contributed by atoms with Crippen molar-refractivity contribution in [2.45, 2.75) is 25.8 Å². The van der Waals surface area contributed by atoms with Gasteiger partial charge in [-0.3, -0.25) is 9.69 Å². The van der Waals surface area contributed by atoms with Crippen molar-refractivity contribution in [2.75, 3.05) is 19.6 Å². The number of hydrogen-bond acceptors (Lipinski definition) is 3. The minimum atomic E-state index is -0.159. The maximum absolute atomic E-state index is 11.6. The Morgan fingerprint density at radius 1 is 1.62 bits per heavy atom. The Morgan fingerprint density at radius 3 is 2.75 bits per heavy atom. The first-order valence-electron chi connectivity index (χ1n) is 5.54. The number of nitriles is 1. The van der Waals surface area contributed by atoms with E-state index in [4.69, 9.17) is 11.7 Å². The summed E-state index contributed by atoms with van der Waals surface area (Å²) in [6.45, 7) is 3.77. The van der Waals surface area contributed by atoms with Gasteiger partial charge in [0, 0.05) is 19.0 Å². The molecule has 0 aromatic rings. The largest absolute Gasteiger partial charge is 0.344 e. The van der Waals surface area contributed by atoms with Gasteiger partial charge >= 0.3 is 0 Å². The van der Waals surface area contributed by atoms with Gasteiger partial charge in [-0.25, -0.2) is 0 Å². The molecule has 1 amide bonds. The monoisotopic (exact) mass is 219 g/mol. The molecular formula is C12H17N3O. The summed E-state index contributed by atoms with van der Waals surface area (Å²) in [5.41, 5.74) is 0. The minimum absolute atomic E-state index is 0.0339. The smallest absolute Gasteiger partial charge is 0.237 e. The lowest BCUT2D eigenvalue weighted by atomic mass is 9.97. The standard InChI is InChI=1S/C12H17N3O/c1-3-6-14-12(16)10(2)15-7-4-11(9-13)5-8-15/h1,10-11H,4-8H2,2H3,(H,14,16). The van der Waals surface area contributed by atoms with Crippen LogP contribution in [0.25, 0.3) is 0 Å². The summed E-state index contributed by atoms with van der Waals surface area (Å²) in [4.78, 5) is 13.7. The first-order chi connectivity index (χ1) is 7.69. The van der Waals surface area contributed by atoms with Crippen LogP contribution < -0.4 is 5.32 Å². The van der Waals surface area contributed by atoms with Crippen LogP contribution in [0.15, 0.2) is 0 Å². The van der Waals surface area contributed by atoms with Gasteiger partial charge in [0.1, 0.15) is 0 Å². The number of likely N-dealkylation sites (tertiary alicyclic amines) is 1. The van der Waals surface area contributed by atoms with Crippen LogP contribution in [0.1, 0.15) is 19.8 Å². The maximum atomic E-state index is 11.6. The first kappa shape index (κ1) is 12.5. The average molecular weight is 219 g/mol. The number of amides is 1. The third-order valence-corrected chi connectivity index (χ3v) is 3.00. The van der Waals surface area contributed by atoms with Gasteiger partial charge in [-0.2, -0.15) is 5.26 Å². The molecule has 1 saturated heterocycles. The molecule has 1 heterocycles. The zero-order chi connectivity index (χ0) is 12.0. The maximum Gasteiger partial charge on any atom is 0.237 e. The third kappa shape index (κ3) is 3.25. The van der Waals surface area contributed by atoms with Gasteiger partial charge in [-0.05, 0) is 19.8 Å². The first-order valence-corrected chi connectivity index (χ1v) is 5.54. The molecule has 0 saturated carbocycles. The second-order valence-corrected chi connectivity index (χ2v) is 4.04. The Kier molecular flexibility index (Phi) is 4.82. The van der Waals surface area contributed by atoms with Crippen LogP contribution >= 0.6 is 0 Å². The molecule has 1 N–H and O–H groups in total. The van der Waals surface area contributed by atoms with Gasteiger partial charge < -0.3 is 5.32 Å². The lowest BCUT2D eigenvalue weighted by Gasteiger charge is -2.33. The summed E-state index contributed by atoms with van der Waals surface area (Å²) in [5, 5.41) is 11.4. The topological polar surface area (TPSA) is 56.1 Å². The fourth-order valence-electron chi connectivity index (χ4n) is 1.87. The molecular weight excluding hydrogens is 202 g/mol. The van der Waals surface area contributed by atoms with E-state index < -0.39 is 0 Å². The molecule has 1 rings (SSSR count). The van der Waals surface area contributed by atoms with E-state index in [1.54, 1.807) is 0 Å². The molecule has 4 heteroatoms. The van der Waals surface area contributed by atoms with Crippen molar-refractivity contribution in [2.24, 2.45) is 5.92 Å². The van der Waals surface area contributed by atoms with E-state index in [0.29, 0.717) is 0 Å². The van der Waals surface area contributed by atoms with Gasteiger partial charge in [0.05, 0.1) is 18.7 Å². The molecule has 1 aliphatic heterocycles. The molecule has 1 unspecified atom stereocenters. The van der Waals surface area contributed by atoms with E-state index in [-0.39, 0.29) is 24.4 Å². The number of rotatable bonds is 3. The number of carbonyl (C=O) groups is 1. The summed E-state index contributed by atoms with van der Waals surface area (Å²) in [7, 11) is 0. The summed E-state index contributed by atoms with van der Waals surface area (Å²) < 4.78 is 0. The highest BCUT2D eigenvalue weighted by Gasteiger charge is 2.25. The summed E-state index contributed by atoms with van der Waals surface area (Å²) >= 11 is 0. The fraction of sp³-hybridized carbons (Fsp3) is 0.667. The van der Waals surface area contributed by atoms with Crippen LogP contribution in [0.5, 0.6) is 0 Å². The van der Waals surface area contributed by atoms with E-state index in [2.05, 4.69) is 22.2 Å². The summed E-state index contributed by atoms with van der Waals surface area (Å²) in [6, 6.07) is 2.11. The minimum Gasteiger partial charge on any atom is -0.344 e. The highest BCUT2D eigenvalue weighted by molar-refractivity contribution is 5.81. The van der Waals surface area contributed by atoms with Crippen molar-refractivity contribution >= 4 is 5.91 Å². The van der Waals surface area contributed by atoms with Crippen LogP contribution in [0.4, 0.5) is 0 Å². The number of hydrogen-bond donors (Lipinski definition) is 1. The summed E-state index contributed by atoms with van der Waals surface area (Å²) in [5.74, 6) is 2.50. The molecule has 1 fully saturated rings. The van der Waals surface area contributed by atoms with Crippen molar-refractivity contribution in [3.63, 3.8) is 0 Å². The Balaban J connectivity index is 2.39. The fourth-order valence-corrected chi connectivity index (χ4v) is 1.87. The van der Waals surface area contributed by atoms with E-state index in [1.807, 2.05) is 6.92 Å². The zero-order valence-corrected chi connectivity index (χ0v) is 9.57. The number of nitrogens with one attached hydrogen (secondary N) is 1. The normalized spacial score (nSPS) is 19.4. The van der Waals surface area contributed by atoms with Crippen molar-refractivity contribution < 1.29 is 4.79 Å². The SMILES string of the molecule is C#CCNC(=O)C(C)N1CCC(C#N)CC1. The second-order valence-electron chi connectivity index (χ2n) is 4.04. The van der Waals surface area contributed by atoms with Crippen molar-refractivity contribution in [3.8, 4) is 18.4 Å². The number of terminal acetylenes is 1. The number of nitrogens with zero attached hydrogens (tertiary/aromatic N) is 2. The molecule has 0 aromatic heterocycles. The Labute approximate surface area is 96.6 Å². The molecule has 16 heavy (non-hydrogen) atoms. The molecule has 1 aliphatic rings. The molecule has 0 radical (unpaired) electrons. The quantitative estimate of drug-likeness (QED) is 0.697. The Hall–Kier alpha value is -1.52. The zero-order valence-electron chi connectivity index (χ0n) is 9.57. The summed E-state index contributed by atoms with van der Waals surface area (Å²) in [6.07, 6.45) is 6.78. The van der Waals surface area contributed by atoms with Gasteiger partial charge in [-0.1, -0.05) is 5.92 Å².